The van der Waals surface area contributed by atoms with Gasteiger partial charge in [0.1, 0.15) is 18.1 Å². The van der Waals surface area contributed by atoms with Gasteiger partial charge in [-0.3, -0.25) is 4.98 Å². The van der Waals surface area contributed by atoms with Crippen LogP contribution in [0.1, 0.15) is 12.8 Å². The molecule has 1 aromatic heterocycles. The lowest BCUT2D eigenvalue weighted by Crippen LogP contribution is -2.37. The Morgan fingerprint density at radius 2 is 2.24 bits per heavy atom. The summed E-state index contributed by atoms with van der Waals surface area (Å²) in [4.78, 5) is 4.34. The normalized spacial score (nSPS) is 22.2. The molecule has 0 aliphatic carbocycles. The second kappa shape index (κ2) is 6.28. The standard InChI is InChI=1S/C16H20N2O3/c1-19-12-4-5-15-14(8-12)16(6-7-18-15)21-10-13-3-2-11(17)9-20-13/h4-8,11,13H,2-3,9-10,17H2,1H3/t11-,13+/m1/s1. The summed E-state index contributed by atoms with van der Waals surface area (Å²) in [7, 11) is 1.65. The first-order valence-corrected chi connectivity index (χ1v) is 7.19. The van der Waals surface area contributed by atoms with E-state index in [0.717, 1.165) is 35.2 Å². The quantitative estimate of drug-likeness (QED) is 0.933. The number of fused-ring (bicyclic) bond motifs is 1. The molecule has 0 saturated carbocycles. The highest BCUT2D eigenvalue weighted by molar-refractivity contribution is 5.86. The number of methoxy groups -OCH3 is 1. The van der Waals surface area contributed by atoms with Gasteiger partial charge in [-0.2, -0.15) is 0 Å². The first-order chi connectivity index (χ1) is 10.3. The van der Waals surface area contributed by atoms with E-state index in [0.29, 0.717) is 13.2 Å². The fourth-order valence-corrected chi connectivity index (χ4v) is 2.49. The molecule has 2 heterocycles. The highest BCUT2D eigenvalue weighted by atomic mass is 16.5. The van der Waals surface area contributed by atoms with Gasteiger partial charge in [-0.15, -0.1) is 0 Å². The molecule has 0 unspecified atom stereocenters. The molecule has 3 rings (SSSR count). The van der Waals surface area contributed by atoms with Crippen LogP contribution in [0.25, 0.3) is 10.9 Å². The molecule has 5 nitrogen and oxygen atoms in total. The second-order valence-corrected chi connectivity index (χ2v) is 5.30. The van der Waals surface area contributed by atoms with E-state index in [1.54, 1.807) is 13.3 Å². The van der Waals surface area contributed by atoms with Crippen molar-refractivity contribution in [2.24, 2.45) is 5.73 Å². The Morgan fingerprint density at radius 1 is 1.33 bits per heavy atom. The van der Waals surface area contributed by atoms with Crippen molar-refractivity contribution in [2.45, 2.75) is 25.0 Å². The number of hydrogen-bond donors (Lipinski definition) is 1. The summed E-state index contributed by atoms with van der Waals surface area (Å²) in [6.45, 7) is 1.14. The van der Waals surface area contributed by atoms with E-state index in [1.807, 2.05) is 24.3 Å². The highest BCUT2D eigenvalue weighted by Crippen LogP contribution is 2.28. The summed E-state index contributed by atoms with van der Waals surface area (Å²) in [5.41, 5.74) is 6.71. The number of rotatable bonds is 4. The molecule has 0 radical (unpaired) electrons. The predicted octanol–water partition coefficient (Wildman–Crippen LogP) is 2.13. The minimum atomic E-state index is 0.110. The van der Waals surface area contributed by atoms with Gasteiger partial charge in [0.2, 0.25) is 0 Å². The molecule has 1 aliphatic heterocycles. The first-order valence-electron chi connectivity index (χ1n) is 7.19. The topological polar surface area (TPSA) is 66.6 Å². The average Bonchev–Trinajstić information content (AvgIpc) is 2.54. The van der Waals surface area contributed by atoms with Gasteiger partial charge in [-0.25, -0.2) is 0 Å². The van der Waals surface area contributed by atoms with Crippen molar-refractivity contribution < 1.29 is 14.2 Å². The fourth-order valence-electron chi connectivity index (χ4n) is 2.49. The summed E-state index contributed by atoms with van der Waals surface area (Å²) in [6, 6.07) is 7.79. The van der Waals surface area contributed by atoms with Crippen molar-refractivity contribution >= 4 is 10.9 Å². The van der Waals surface area contributed by atoms with E-state index in [2.05, 4.69) is 4.98 Å². The highest BCUT2D eigenvalue weighted by Gasteiger charge is 2.19. The third kappa shape index (κ3) is 3.25. The second-order valence-electron chi connectivity index (χ2n) is 5.30. The van der Waals surface area contributed by atoms with Crippen LogP contribution in [0.2, 0.25) is 0 Å². The van der Waals surface area contributed by atoms with E-state index < -0.39 is 0 Å². The Balaban J connectivity index is 1.74. The average molecular weight is 288 g/mol. The zero-order valence-electron chi connectivity index (χ0n) is 12.1. The van der Waals surface area contributed by atoms with Crippen molar-refractivity contribution in [1.29, 1.82) is 0 Å². The summed E-state index contributed by atoms with van der Waals surface area (Å²) in [6.07, 6.45) is 3.78. The number of aromatic nitrogens is 1. The molecular weight excluding hydrogens is 268 g/mol. The van der Waals surface area contributed by atoms with E-state index >= 15 is 0 Å². The summed E-state index contributed by atoms with van der Waals surface area (Å²) >= 11 is 0. The lowest BCUT2D eigenvalue weighted by Gasteiger charge is -2.26. The lowest BCUT2D eigenvalue weighted by molar-refractivity contribution is -0.0194. The summed E-state index contributed by atoms with van der Waals surface area (Å²) in [5.74, 6) is 1.60. The van der Waals surface area contributed by atoms with Crippen LogP contribution in [-0.4, -0.2) is 37.5 Å². The molecule has 2 atom stereocenters. The maximum atomic E-state index is 5.93. The number of pyridine rings is 1. The molecule has 1 aliphatic rings. The van der Waals surface area contributed by atoms with Crippen LogP contribution in [0, 0.1) is 0 Å². The van der Waals surface area contributed by atoms with E-state index in [-0.39, 0.29) is 12.1 Å². The van der Waals surface area contributed by atoms with Crippen LogP contribution in [-0.2, 0) is 4.74 Å². The van der Waals surface area contributed by atoms with Crippen LogP contribution < -0.4 is 15.2 Å². The largest absolute Gasteiger partial charge is 0.497 e. The minimum Gasteiger partial charge on any atom is -0.497 e. The smallest absolute Gasteiger partial charge is 0.130 e. The minimum absolute atomic E-state index is 0.110. The van der Waals surface area contributed by atoms with Crippen molar-refractivity contribution in [2.75, 3.05) is 20.3 Å². The number of nitrogens with two attached hydrogens (primary N) is 1. The van der Waals surface area contributed by atoms with E-state index in [4.69, 9.17) is 19.9 Å². The third-order valence-corrected chi connectivity index (χ3v) is 3.74. The Bertz CT molecular complexity index is 609. The number of hydrogen-bond acceptors (Lipinski definition) is 5. The van der Waals surface area contributed by atoms with Crippen molar-refractivity contribution in [1.82, 2.24) is 4.98 Å². The molecule has 0 amide bonds. The molecule has 0 bridgehead atoms. The van der Waals surface area contributed by atoms with Gasteiger partial charge < -0.3 is 19.9 Å². The Morgan fingerprint density at radius 3 is 3.00 bits per heavy atom. The Hall–Kier alpha value is -1.85. The van der Waals surface area contributed by atoms with Crippen LogP contribution in [0.4, 0.5) is 0 Å². The zero-order valence-corrected chi connectivity index (χ0v) is 12.1. The maximum Gasteiger partial charge on any atom is 0.130 e. The van der Waals surface area contributed by atoms with E-state index in [9.17, 15) is 0 Å². The van der Waals surface area contributed by atoms with Crippen molar-refractivity contribution in [3.8, 4) is 11.5 Å². The van der Waals surface area contributed by atoms with Gasteiger partial charge >= 0.3 is 0 Å². The predicted molar refractivity (Wildman–Crippen MR) is 80.7 cm³/mol. The molecule has 112 valence electrons. The van der Waals surface area contributed by atoms with Crippen molar-refractivity contribution in [3.05, 3.63) is 30.5 Å². The van der Waals surface area contributed by atoms with E-state index in [1.165, 1.54) is 0 Å². The van der Waals surface area contributed by atoms with Gasteiger partial charge in [-0.05, 0) is 37.1 Å². The van der Waals surface area contributed by atoms with Crippen LogP contribution in [0.3, 0.4) is 0 Å². The molecular formula is C16H20N2O3. The fraction of sp³-hybridized carbons (Fsp3) is 0.438. The van der Waals surface area contributed by atoms with Gasteiger partial charge in [-0.1, -0.05) is 0 Å². The molecule has 1 saturated heterocycles. The number of nitrogens with zero attached hydrogens (tertiary/aromatic N) is 1. The zero-order chi connectivity index (χ0) is 14.7. The number of benzene rings is 1. The molecule has 21 heavy (non-hydrogen) atoms. The molecule has 2 aromatic rings. The maximum absolute atomic E-state index is 5.93. The van der Waals surface area contributed by atoms with Gasteiger partial charge in [0.15, 0.2) is 0 Å². The van der Waals surface area contributed by atoms with Gasteiger partial charge in [0.25, 0.3) is 0 Å². The Kier molecular flexibility index (Phi) is 4.22. The summed E-state index contributed by atoms with van der Waals surface area (Å²) < 4.78 is 16.9. The van der Waals surface area contributed by atoms with Crippen LogP contribution >= 0.6 is 0 Å². The monoisotopic (exact) mass is 288 g/mol. The van der Waals surface area contributed by atoms with Crippen molar-refractivity contribution in [3.63, 3.8) is 0 Å². The first kappa shape index (κ1) is 14.1. The molecule has 2 N–H and O–H groups in total. The van der Waals surface area contributed by atoms with Gasteiger partial charge in [0.05, 0.1) is 25.3 Å². The van der Waals surface area contributed by atoms with Crippen LogP contribution in [0.5, 0.6) is 11.5 Å². The SMILES string of the molecule is COc1ccc2nccc(OC[C@@H]3CC[C@@H](N)CO3)c2c1. The molecule has 1 fully saturated rings. The van der Waals surface area contributed by atoms with Gasteiger partial charge in [0, 0.05) is 17.6 Å². The lowest BCUT2D eigenvalue weighted by atomic mass is 10.1. The molecule has 5 heteroatoms. The summed E-state index contributed by atoms with van der Waals surface area (Å²) in [5, 5.41) is 0.948. The Labute approximate surface area is 124 Å². The third-order valence-electron chi connectivity index (χ3n) is 3.74. The molecule has 0 spiro atoms. The van der Waals surface area contributed by atoms with Crippen LogP contribution in [0.15, 0.2) is 30.5 Å². The number of ether oxygens (including phenoxy) is 3. The molecule has 1 aromatic carbocycles.